The Balaban J connectivity index is 2.42. The third-order valence-corrected chi connectivity index (χ3v) is 3.30. The van der Waals surface area contributed by atoms with Crippen molar-refractivity contribution in [1.82, 2.24) is 18.7 Å². The molecular weight excluding hydrogens is 268 g/mol. The first-order valence-corrected chi connectivity index (χ1v) is 6.52. The summed E-state index contributed by atoms with van der Waals surface area (Å²) < 4.78 is 6.35. The number of hydrogen-bond acceptors (Lipinski definition) is 7. The number of nitrogen functional groups attached to an aromatic ring is 1. The summed E-state index contributed by atoms with van der Waals surface area (Å²) in [5.74, 6) is 5.31. The number of anilines is 1. The van der Waals surface area contributed by atoms with E-state index in [1.165, 1.54) is 16.8 Å². The fraction of sp³-hybridized carbons (Fsp3) is 0.400. The maximum absolute atomic E-state index is 12.1. The standard InChI is InChI=1S/C10H14N6O2S/c1-2-4-15-5-3-8(17)16(10(15)18)6-7-9(12-11)19-14-13-7/h3,5,12H,2,4,6,11H2,1H3. The second-order valence-corrected chi connectivity index (χ2v) is 4.66. The zero-order chi connectivity index (χ0) is 13.8. The number of hydrogen-bond donors (Lipinski definition) is 2. The molecule has 19 heavy (non-hydrogen) atoms. The maximum Gasteiger partial charge on any atom is 0.331 e. The summed E-state index contributed by atoms with van der Waals surface area (Å²) >= 11 is 1.07. The molecule has 0 saturated carbocycles. The zero-order valence-corrected chi connectivity index (χ0v) is 11.2. The summed E-state index contributed by atoms with van der Waals surface area (Å²) in [6.45, 7) is 2.58. The molecule has 0 spiro atoms. The fourth-order valence-electron chi connectivity index (χ4n) is 1.68. The van der Waals surface area contributed by atoms with E-state index in [4.69, 9.17) is 5.84 Å². The Bertz CT molecular complexity index is 673. The third-order valence-electron chi connectivity index (χ3n) is 2.60. The van der Waals surface area contributed by atoms with Gasteiger partial charge in [0.2, 0.25) is 0 Å². The topological polar surface area (TPSA) is 108 Å². The molecule has 2 heterocycles. The lowest BCUT2D eigenvalue weighted by Crippen LogP contribution is -2.39. The van der Waals surface area contributed by atoms with E-state index in [1.54, 1.807) is 0 Å². The number of nitrogens with one attached hydrogen (secondary N) is 1. The molecule has 0 bridgehead atoms. The molecule has 0 aliphatic carbocycles. The van der Waals surface area contributed by atoms with Crippen LogP contribution in [0, 0.1) is 0 Å². The van der Waals surface area contributed by atoms with Crippen LogP contribution in [-0.2, 0) is 13.1 Å². The molecule has 2 aromatic rings. The average molecular weight is 282 g/mol. The van der Waals surface area contributed by atoms with Crippen LogP contribution < -0.4 is 22.5 Å². The van der Waals surface area contributed by atoms with Gasteiger partial charge in [-0.15, -0.1) is 5.10 Å². The van der Waals surface area contributed by atoms with Crippen LogP contribution in [0.4, 0.5) is 5.00 Å². The first kappa shape index (κ1) is 13.4. The second kappa shape index (κ2) is 5.76. The van der Waals surface area contributed by atoms with Gasteiger partial charge in [0.1, 0.15) is 10.7 Å². The number of aryl methyl sites for hydroxylation is 1. The summed E-state index contributed by atoms with van der Waals surface area (Å²) in [7, 11) is 0. The van der Waals surface area contributed by atoms with E-state index in [2.05, 4.69) is 15.0 Å². The summed E-state index contributed by atoms with van der Waals surface area (Å²) in [6.07, 6.45) is 2.32. The molecule has 102 valence electrons. The van der Waals surface area contributed by atoms with Crippen LogP contribution in [-0.4, -0.2) is 18.7 Å². The van der Waals surface area contributed by atoms with Crippen molar-refractivity contribution in [2.24, 2.45) is 5.84 Å². The predicted molar refractivity (Wildman–Crippen MR) is 72.1 cm³/mol. The molecule has 3 N–H and O–H groups in total. The third kappa shape index (κ3) is 2.71. The van der Waals surface area contributed by atoms with Gasteiger partial charge in [-0.2, -0.15) is 0 Å². The molecule has 0 radical (unpaired) electrons. The zero-order valence-electron chi connectivity index (χ0n) is 10.4. The number of aromatic nitrogens is 4. The Kier molecular flexibility index (Phi) is 4.07. The number of hydrazine groups is 1. The van der Waals surface area contributed by atoms with Gasteiger partial charge in [-0.3, -0.25) is 9.36 Å². The van der Waals surface area contributed by atoms with Gasteiger partial charge in [0.25, 0.3) is 5.56 Å². The minimum absolute atomic E-state index is 0.0538. The highest BCUT2D eigenvalue weighted by atomic mass is 32.1. The normalized spacial score (nSPS) is 10.6. The summed E-state index contributed by atoms with van der Waals surface area (Å²) in [4.78, 5) is 23.9. The molecule has 0 aromatic carbocycles. The Morgan fingerprint density at radius 2 is 2.26 bits per heavy atom. The predicted octanol–water partition coefficient (Wildman–Crippen LogP) is -0.395. The number of rotatable bonds is 5. The smallest absolute Gasteiger partial charge is 0.313 e. The molecule has 0 aliphatic rings. The lowest BCUT2D eigenvalue weighted by atomic mass is 10.4. The van der Waals surface area contributed by atoms with Crippen molar-refractivity contribution >= 4 is 16.5 Å². The first-order chi connectivity index (χ1) is 9.17. The molecule has 8 nitrogen and oxygen atoms in total. The molecule has 0 saturated heterocycles. The lowest BCUT2D eigenvalue weighted by Gasteiger charge is -2.08. The van der Waals surface area contributed by atoms with Gasteiger partial charge in [-0.25, -0.2) is 10.6 Å². The Morgan fingerprint density at radius 1 is 1.47 bits per heavy atom. The number of nitrogens with two attached hydrogens (primary N) is 1. The van der Waals surface area contributed by atoms with Crippen molar-refractivity contribution < 1.29 is 0 Å². The van der Waals surface area contributed by atoms with Crippen molar-refractivity contribution in [3.63, 3.8) is 0 Å². The molecular formula is C10H14N6O2S. The van der Waals surface area contributed by atoms with E-state index in [0.29, 0.717) is 17.2 Å². The van der Waals surface area contributed by atoms with Crippen molar-refractivity contribution in [3.8, 4) is 0 Å². The molecule has 0 fully saturated rings. The van der Waals surface area contributed by atoms with Gasteiger partial charge < -0.3 is 9.99 Å². The van der Waals surface area contributed by atoms with Crippen LogP contribution in [0.15, 0.2) is 21.9 Å². The SMILES string of the molecule is CCCn1ccc(=O)n(Cc2nnsc2NN)c1=O. The van der Waals surface area contributed by atoms with Gasteiger partial charge in [0.05, 0.1) is 6.54 Å². The average Bonchev–Trinajstić information content (AvgIpc) is 2.85. The molecule has 0 unspecified atom stereocenters. The molecule has 9 heteroatoms. The van der Waals surface area contributed by atoms with E-state index in [-0.39, 0.29) is 17.8 Å². The maximum atomic E-state index is 12.1. The molecule has 0 amide bonds. The largest absolute Gasteiger partial charge is 0.331 e. The quantitative estimate of drug-likeness (QED) is 0.571. The van der Waals surface area contributed by atoms with Crippen LogP contribution >= 0.6 is 11.5 Å². The fourth-order valence-corrected chi connectivity index (χ4v) is 2.17. The van der Waals surface area contributed by atoms with Crippen LogP contribution in [0.1, 0.15) is 19.0 Å². The van der Waals surface area contributed by atoms with E-state index < -0.39 is 0 Å². The van der Waals surface area contributed by atoms with Crippen LogP contribution in [0.25, 0.3) is 0 Å². The Morgan fingerprint density at radius 3 is 2.95 bits per heavy atom. The monoisotopic (exact) mass is 282 g/mol. The van der Waals surface area contributed by atoms with Gasteiger partial charge in [-0.05, 0) is 6.42 Å². The molecule has 0 atom stereocenters. The van der Waals surface area contributed by atoms with E-state index >= 15 is 0 Å². The lowest BCUT2D eigenvalue weighted by molar-refractivity contribution is 0.567. The Hall–Kier alpha value is -2.00. The van der Waals surface area contributed by atoms with Crippen LogP contribution in [0.2, 0.25) is 0 Å². The molecule has 2 rings (SSSR count). The summed E-state index contributed by atoms with van der Waals surface area (Å²) in [6, 6.07) is 1.37. The summed E-state index contributed by atoms with van der Waals surface area (Å²) in [5, 5.41) is 4.40. The van der Waals surface area contributed by atoms with Gasteiger partial charge in [-0.1, -0.05) is 11.4 Å². The van der Waals surface area contributed by atoms with Crippen molar-refractivity contribution in [3.05, 3.63) is 38.8 Å². The summed E-state index contributed by atoms with van der Waals surface area (Å²) in [5.41, 5.74) is 2.19. The minimum atomic E-state index is -0.367. The Labute approximate surface area is 112 Å². The highest BCUT2D eigenvalue weighted by molar-refractivity contribution is 7.10. The first-order valence-electron chi connectivity index (χ1n) is 5.75. The number of nitrogens with zero attached hydrogens (tertiary/aromatic N) is 4. The van der Waals surface area contributed by atoms with E-state index in [9.17, 15) is 9.59 Å². The minimum Gasteiger partial charge on any atom is -0.313 e. The highest BCUT2D eigenvalue weighted by Gasteiger charge is 2.11. The van der Waals surface area contributed by atoms with Crippen molar-refractivity contribution in [1.29, 1.82) is 0 Å². The molecule has 2 aromatic heterocycles. The van der Waals surface area contributed by atoms with Crippen molar-refractivity contribution in [2.75, 3.05) is 5.43 Å². The highest BCUT2D eigenvalue weighted by Crippen LogP contribution is 2.15. The van der Waals surface area contributed by atoms with Gasteiger partial charge >= 0.3 is 5.69 Å². The van der Waals surface area contributed by atoms with Crippen molar-refractivity contribution in [2.45, 2.75) is 26.4 Å². The van der Waals surface area contributed by atoms with Crippen LogP contribution in [0.5, 0.6) is 0 Å². The van der Waals surface area contributed by atoms with E-state index in [0.717, 1.165) is 22.5 Å². The van der Waals surface area contributed by atoms with Gasteiger partial charge in [0.15, 0.2) is 0 Å². The molecule has 0 aliphatic heterocycles. The van der Waals surface area contributed by atoms with Gasteiger partial charge in [0, 0.05) is 30.3 Å². The second-order valence-electron chi connectivity index (χ2n) is 3.91. The van der Waals surface area contributed by atoms with Crippen LogP contribution in [0.3, 0.4) is 0 Å². The van der Waals surface area contributed by atoms with E-state index in [1.807, 2.05) is 6.92 Å².